The molecule has 1 heteroatoms. The summed E-state index contributed by atoms with van der Waals surface area (Å²) in [4.78, 5) is 0. The number of rotatable bonds is 2. The van der Waals surface area contributed by atoms with Crippen LogP contribution in [0, 0.1) is 0 Å². The van der Waals surface area contributed by atoms with Gasteiger partial charge in [-0.25, -0.2) is 0 Å². The molecule has 0 fully saturated rings. The Bertz CT molecular complexity index is 554. The third-order valence-electron chi connectivity index (χ3n) is 4.10. The van der Waals surface area contributed by atoms with E-state index in [4.69, 9.17) is 0 Å². The number of fused-ring (bicyclic) bond motifs is 1. The topological polar surface area (TPSA) is 12.0 Å². The van der Waals surface area contributed by atoms with Gasteiger partial charge >= 0.3 is 0 Å². The van der Waals surface area contributed by atoms with Crippen molar-refractivity contribution in [1.29, 1.82) is 0 Å². The third kappa shape index (κ3) is 2.43. The normalized spacial score (nSPS) is 18.4. The molecule has 1 aliphatic rings. The lowest BCUT2D eigenvalue weighted by atomic mass is 9.85. The first-order chi connectivity index (χ1) is 9.25. The third-order valence-corrected chi connectivity index (χ3v) is 4.10. The highest BCUT2D eigenvalue weighted by Gasteiger charge is 2.20. The molecule has 19 heavy (non-hydrogen) atoms. The minimum absolute atomic E-state index is 0.492. The van der Waals surface area contributed by atoms with Crippen LogP contribution in [0.2, 0.25) is 0 Å². The summed E-state index contributed by atoms with van der Waals surface area (Å²) >= 11 is 0. The summed E-state index contributed by atoms with van der Waals surface area (Å²) in [6, 6.07) is 17.9. The van der Waals surface area contributed by atoms with Gasteiger partial charge in [-0.2, -0.15) is 0 Å². The molecule has 0 spiro atoms. The first-order valence-electron chi connectivity index (χ1n) is 7.14. The van der Waals surface area contributed by atoms with E-state index < -0.39 is 0 Å². The van der Waals surface area contributed by atoms with Crippen molar-refractivity contribution in [2.75, 3.05) is 6.54 Å². The molecule has 1 N–H and O–H groups in total. The fraction of sp³-hybridized carbons (Fsp3) is 0.333. The first kappa shape index (κ1) is 12.4. The van der Waals surface area contributed by atoms with Gasteiger partial charge < -0.3 is 5.32 Å². The maximum Gasteiger partial charge on any atom is 0.0218 e. The van der Waals surface area contributed by atoms with Gasteiger partial charge in [0.1, 0.15) is 0 Å². The largest absolute Gasteiger partial charge is 0.312 e. The molecule has 3 rings (SSSR count). The summed E-state index contributed by atoms with van der Waals surface area (Å²) in [5.41, 5.74) is 5.76. The summed E-state index contributed by atoms with van der Waals surface area (Å²) in [6.45, 7) is 6.52. The summed E-state index contributed by atoms with van der Waals surface area (Å²) in [6.07, 6.45) is 0. The average molecular weight is 251 g/mol. The van der Waals surface area contributed by atoms with Crippen LogP contribution in [0.25, 0.3) is 0 Å². The first-order valence-corrected chi connectivity index (χ1v) is 7.14. The van der Waals surface area contributed by atoms with Crippen LogP contribution in [0.3, 0.4) is 0 Å². The smallest absolute Gasteiger partial charge is 0.0218 e. The van der Waals surface area contributed by atoms with Gasteiger partial charge in [0.25, 0.3) is 0 Å². The quantitative estimate of drug-likeness (QED) is 0.849. The number of hydrogen-bond donors (Lipinski definition) is 1. The molecule has 1 unspecified atom stereocenters. The van der Waals surface area contributed by atoms with Gasteiger partial charge in [-0.3, -0.25) is 0 Å². The Balaban J connectivity index is 1.95. The maximum atomic E-state index is 3.53. The Hall–Kier alpha value is -1.60. The zero-order valence-electron chi connectivity index (χ0n) is 11.7. The zero-order valence-corrected chi connectivity index (χ0v) is 11.7. The lowest BCUT2D eigenvalue weighted by molar-refractivity contribution is 0.591. The van der Waals surface area contributed by atoms with Gasteiger partial charge in [0.15, 0.2) is 0 Å². The second kappa shape index (κ2) is 5.18. The molecule has 0 amide bonds. The van der Waals surface area contributed by atoms with Gasteiger partial charge in [0.05, 0.1) is 0 Å². The number of nitrogens with one attached hydrogen (secondary N) is 1. The van der Waals surface area contributed by atoms with E-state index in [1.54, 1.807) is 0 Å². The molecule has 0 saturated heterocycles. The van der Waals surface area contributed by atoms with E-state index in [0.29, 0.717) is 11.8 Å². The highest BCUT2D eigenvalue weighted by molar-refractivity contribution is 5.41. The van der Waals surface area contributed by atoms with Gasteiger partial charge in [0.2, 0.25) is 0 Å². The molecule has 98 valence electrons. The highest BCUT2D eigenvalue weighted by Crippen LogP contribution is 2.30. The molecule has 1 heterocycles. The Labute approximate surface area is 115 Å². The molecule has 2 aromatic carbocycles. The number of benzene rings is 2. The van der Waals surface area contributed by atoms with Crippen molar-refractivity contribution in [3.63, 3.8) is 0 Å². The molecule has 0 bridgehead atoms. The summed E-state index contributed by atoms with van der Waals surface area (Å²) in [5.74, 6) is 1.09. The van der Waals surface area contributed by atoms with Crippen LogP contribution in [0.5, 0.6) is 0 Å². The van der Waals surface area contributed by atoms with Gasteiger partial charge in [-0.1, -0.05) is 62.4 Å². The fourth-order valence-electron chi connectivity index (χ4n) is 2.91. The maximum absolute atomic E-state index is 3.53. The second-order valence-electron chi connectivity index (χ2n) is 5.70. The van der Waals surface area contributed by atoms with E-state index in [0.717, 1.165) is 13.1 Å². The molecular weight excluding hydrogens is 230 g/mol. The molecule has 1 atom stereocenters. The molecule has 1 aliphatic heterocycles. The summed E-state index contributed by atoms with van der Waals surface area (Å²) < 4.78 is 0. The van der Waals surface area contributed by atoms with Crippen LogP contribution in [-0.4, -0.2) is 6.54 Å². The second-order valence-corrected chi connectivity index (χ2v) is 5.70. The Kier molecular flexibility index (Phi) is 3.39. The van der Waals surface area contributed by atoms with Crippen LogP contribution in [0.15, 0.2) is 48.5 Å². The predicted octanol–water partition coefficient (Wildman–Crippen LogP) is 4.05. The van der Waals surface area contributed by atoms with E-state index in [1.165, 1.54) is 22.3 Å². The highest BCUT2D eigenvalue weighted by atomic mass is 14.9. The van der Waals surface area contributed by atoms with Crippen molar-refractivity contribution < 1.29 is 0 Å². The fourth-order valence-corrected chi connectivity index (χ4v) is 2.91. The van der Waals surface area contributed by atoms with Gasteiger partial charge in [0, 0.05) is 19.0 Å². The lowest BCUT2D eigenvalue weighted by Crippen LogP contribution is -2.28. The SMILES string of the molecule is CC(C)c1ccc(C2CNCc3ccccc32)cc1. The molecule has 0 radical (unpaired) electrons. The minimum atomic E-state index is 0.492. The van der Waals surface area contributed by atoms with Crippen LogP contribution >= 0.6 is 0 Å². The molecule has 2 aromatic rings. The van der Waals surface area contributed by atoms with Crippen LogP contribution in [-0.2, 0) is 6.54 Å². The molecule has 0 saturated carbocycles. The predicted molar refractivity (Wildman–Crippen MR) is 80.5 cm³/mol. The Morgan fingerprint density at radius 2 is 1.74 bits per heavy atom. The van der Waals surface area contributed by atoms with Crippen molar-refractivity contribution in [2.45, 2.75) is 32.2 Å². The Morgan fingerprint density at radius 3 is 2.47 bits per heavy atom. The van der Waals surface area contributed by atoms with Crippen molar-refractivity contribution in [3.05, 3.63) is 70.8 Å². The molecular formula is C18H21N. The van der Waals surface area contributed by atoms with Crippen LogP contribution < -0.4 is 5.32 Å². The number of hydrogen-bond acceptors (Lipinski definition) is 1. The van der Waals surface area contributed by atoms with Gasteiger partial charge in [-0.05, 0) is 28.2 Å². The van der Waals surface area contributed by atoms with Crippen molar-refractivity contribution in [3.8, 4) is 0 Å². The van der Waals surface area contributed by atoms with Crippen LogP contribution in [0.4, 0.5) is 0 Å². The Morgan fingerprint density at radius 1 is 1.00 bits per heavy atom. The van der Waals surface area contributed by atoms with E-state index in [9.17, 15) is 0 Å². The standard InChI is InChI=1S/C18H21N/c1-13(2)14-7-9-15(10-8-14)18-12-19-11-16-5-3-4-6-17(16)18/h3-10,13,18-19H,11-12H2,1-2H3. The summed E-state index contributed by atoms with van der Waals surface area (Å²) in [5, 5.41) is 3.53. The van der Waals surface area contributed by atoms with Crippen LogP contribution in [0.1, 0.15) is 47.9 Å². The van der Waals surface area contributed by atoms with E-state index in [-0.39, 0.29) is 0 Å². The summed E-state index contributed by atoms with van der Waals surface area (Å²) in [7, 11) is 0. The monoisotopic (exact) mass is 251 g/mol. The molecule has 1 nitrogen and oxygen atoms in total. The van der Waals surface area contributed by atoms with Crippen molar-refractivity contribution in [1.82, 2.24) is 5.32 Å². The zero-order chi connectivity index (χ0) is 13.2. The average Bonchev–Trinajstić information content (AvgIpc) is 2.47. The van der Waals surface area contributed by atoms with E-state index in [1.807, 2.05) is 0 Å². The molecule has 0 aliphatic carbocycles. The minimum Gasteiger partial charge on any atom is -0.312 e. The van der Waals surface area contributed by atoms with E-state index in [2.05, 4.69) is 67.7 Å². The molecule has 0 aromatic heterocycles. The van der Waals surface area contributed by atoms with E-state index >= 15 is 0 Å². The van der Waals surface area contributed by atoms with Crippen molar-refractivity contribution in [2.24, 2.45) is 0 Å². The lowest BCUT2D eigenvalue weighted by Gasteiger charge is -2.27. The van der Waals surface area contributed by atoms with Crippen molar-refractivity contribution >= 4 is 0 Å². The van der Waals surface area contributed by atoms with Gasteiger partial charge in [-0.15, -0.1) is 0 Å².